The molecule has 4 atom stereocenters. The van der Waals surface area contributed by atoms with Crippen molar-refractivity contribution in [2.75, 3.05) is 5.32 Å². The van der Waals surface area contributed by atoms with Crippen molar-refractivity contribution in [1.29, 1.82) is 0 Å². The van der Waals surface area contributed by atoms with Crippen molar-refractivity contribution >= 4 is 28.9 Å². The van der Waals surface area contributed by atoms with Crippen LogP contribution in [0.15, 0.2) is 6.07 Å². The van der Waals surface area contributed by atoms with Gasteiger partial charge in [0, 0.05) is 26.0 Å². The van der Waals surface area contributed by atoms with Gasteiger partial charge in [-0.3, -0.25) is 14.2 Å². The van der Waals surface area contributed by atoms with E-state index in [1.165, 1.54) is 6.92 Å². The molecule has 1 aliphatic rings. The Morgan fingerprint density at radius 2 is 1.73 bits per heavy atom. The highest BCUT2D eigenvalue weighted by atomic mass is 19.2. The van der Waals surface area contributed by atoms with Crippen molar-refractivity contribution in [2.24, 2.45) is 0 Å². The number of nitrogens with zero attached hydrogens (tertiary/aromatic N) is 2. The number of hydrogen-bond donors (Lipinski definition) is 1. The van der Waals surface area contributed by atoms with Gasteiger partial charge in [-0.2, -0.15) is 0 Å². The average Bonchev–Trinajstić information content (AvgIpc) is 3.10. The van der Waals surface area contributed by atoms with Crippen LogP contribution in [0.1, 0.15) is 40.8 Å². The second-order valence-corrected chi connectivity index (χ2v) is 7.34. The van der Waals surface area contributed by atoms with Crippen LogP contribution in [0.3, 0.4) is 0 Å². The van der Waals surface area contributed by atoms with E-state index in [4.69, 9.17) is 14.2 Å². The Labute approximate surface area is 170 Å². The quantitative estimate of drug-likeness (QED) is 0.577. The zero-order valence-corrected chi connectivity index (χ0v) is 17.0. The van der Waals surface area contributed by atoms with E-state index in [1.54, 1.807) is 20.8 Å². The zero-order chi connectivity index (χ0) is 22.3. The Kier molecular flexibility index (Phi) is 5.93. The van der Waals surface area contributed by atoms with Crippen LogP contribution in [0.4, 0.5) is 19.1 Å². The van der Waals surface area contributed by atoms with Crippen LogP contribution in [-0.2, 0) is 23.8 Å². The number of anilines is 1. The number of nitrogens with one attached hydrogen (secondary N) is 1. The lowest BCUT2D eigenvalue weighted by Gasteiger charge is -2.25. The van der Waals surface area contributed by atoms with E-state index in [1.807, 2.05) is 0 Å². The third-order valence-electron chi connectivity index (χ3n) is 4.51. The summed E-state index contributed by atoms with van der Waals surface area (Å²) in [4.78, 5) is 27.4. The smallest absolute Gasteiger partial charge is 0.303 e. The average molecular weight is 429 g/mol. The van der Waals surface area contributed by atoms with Gasteiger partial charge in [-0.1, -0.05) is 0 Å². The summed E-state index contributed by atoms with van der Waals surface area (Å²) in [5.41, 5.74) is -0.543. The molecule has 11 heteroatoms. The number of hydrogen-bond acceptors (Lipinski definition) is 7. The fraction of sp³-hybridized carbons (Fsp3) is 0.526. The number of imidazole rings is 1. The molecule has 1 fully saturated rings. The molecule has 0 saturated carbocycles. The third kappa shape index (κ3) is 3.93. The van der Waals surface area contributed by atoms with Crippen LogP contribution < -0.4 is 5.32 Å². The van der Waals surface area contributed by atoms with Crippen molar-refractivity contribution < 1.29 is 37.0 Å². The van der Waals surface area contributed by atoms with Gasteiger partial charge in [-0.05, 0) is 20.8 Å². The van der Waals surface area contributed by atoms with Gasteiger partial charge in [-0.15, -0.1) is 0 Å². The summed E-state index contributed by atoms with van der Waals surface area (Å²) >= 11 is 0. The van der Waals surface area contributed by atoms with Crippen LogP contribution in [-0.4, -0.2) is 45.8 Å². The molecule has 8 nitrogen and oxygen atoms in total. The first-order chi connectivity index (χ1) is 14.0. The van der Waals surface area contributed by atoms with Crippen LogP contribution in [0.5, 0.6) is 0 Å². The van der Waals surface area contributed by atoms with Crippen LogP contribution in [0.2, 0.25) is 0 Å². The fourth-order valence-electron chi connectivity index (χ4n) is 3.45. The number of halogens is 3. The minimum absolute atomic E-state index is 0.0433. The lowest BCUT2D eigenvalue weighted by molar-refractivity contribution is -0.165. The number of carbonyl (C=O) groups excluding carboxylic acids is 2. The second kappa shape index (κ2) is 8.13. The minimum atomic E-state index is -1.67. The second-order valence-electron chi connectivity index (χ2n) is 7.34. The Balaban J connectivity index is 2.22. The summed E-state index contributed by atoms with van der Waals surface area (Å²) in [6.07, 6.45) is -4.16. The van der Waals surface area contributed by atoms with Gasteiger partial charge < -0.3 is 19.5 Å². The highest BCUT2D eigenvalue weighted by molar-refractivity contribution is 5.80. The molecule has 1 saturated heterocycles. The Hall–Kier alpha value is -2.82. The van der Waals surface area contributed by atoms with E-state index in [0.29, 0.717) is 0 Å². The first kappa shape index (κ1) is 21.9. The molecule has 2 heterocycles. The van der Waals surface area contributed by atoms with Gasteiger partial charge in [0.05, 0.1) is 11.6 Å². The molecule has 1 N–H and O–H groups in total. The van der Waals surface area contributed by atoms with Gasteiger partial charge >= 0.3 is 11.9 Å². The lowest BCUT2D eigenvalue weighted by Crippen LogP contribution is -2.38. The molecule has 0 amide bonds. The molecule has 1 aliphatic heterocycles. The van der Waals surface area contributed by atoms with E-state index in [2.05, 4.69) is 10.3 Å². The van der Waals surface area contributed by atoms with Gasteiger partial charge in [0.1, 0.15) is 5.52 Å². The topological polar surface area (TPSA) is 91.7 Å². The van der Waals surface area contributed by atoms with Crippen molar-refractivity contribution in [3.63, 3.8) is 0 Å². The summed E-state index contributed by atoms with van der Waals surface area (Å²) in [7, 11) is 0. The van der Waals surface area contributed by atoms with Crippen molar-refractivity contribution in [3.8, 4) is 0 Å². The highest BCUT2D eigenvalue weighted by Crippen LogP contribution is 2.39. The number of fused-ring (bicyclic) bond motifs is 1. The standard InChI is InChI=1S/C19H22F3N3O5/c1-7(2)23-19-24-12-6-11(20)13(21)14(22)15(12)25(19)18-17(30-10(5)27)16(8(3)28-18)29-9(4)26/h6-8,16-18H,1-5H3,(H,23,24)/t8-,16-,17-,18-/m1/s1. The van der Waals surface area contributed by atoms with Crippen LogP contribution in [0.25, 0.3) is 11.0 Å². The maximum absolute atomic E-state index is 14.8. The zero-order valence-electron chi connectivity index (χ0n) is 17.0. The number of aromatic nitrogens is 2. The normalized spacial score (nSPS) is 23.8. The molecule has 30 heavy (non-hydrogen) atoms. The van der Waals surface area contributed by atoms with Crippen LogP contribution in [0, 0.1) is 17.5 Å². The van der Waals surface area contributed by atoms with E-state index in [-0.39, 0.29) is 23.0 Å². The molecule has 164 valence electrons. The Bertz CT molecular complexity index is 994. The van der Waals surface area contributed by atoms with Crippen LogP contribution >= 0.6 is 0 Å². The maximum atomic E-state index is 14.8. The molecule has 0 unspecified atom stereocenters. The monoisotopic (exact) mass is 429 g/mol. The molecule has 1 aromatic heterocycles. The number of rotatable bonds is 5. The maximum Gasteiger partial charge on any atom is 0.303 e. The summed E-state index contributed by atoms with van der Waals surface area (Å²) < 4.78 is 60.1. The number of carbonyl (C=O) groups is 2. The molecular formula is C19H22F3N3O5. The summed E-state index contributed by atoms with van der Waals surface area (Å²) in [5.74, 6) is -5.82. The Morgan fingerprint density at radius 3 is 2.30 bits per heavy atom. The van der Waals surface area contributed by atoms with Gasteiger partial charge in [0.2, 0.25) is 5.95 Å². The predicted octanol–water partition coefficient (Wildman–Crippen LogP) is 3.05. The van der Waals surface area contributed by atoms with Gasteiger partial charge in [-0.25, -0.2) is 18.2 Å². The van der Waals surface area contributed by atoms with Crippen molar-refractivity contribution in [3.05, 3.63) is 23.5 Å². The molecular weight excluding hydrogens is 407 g/mol. The summed E-state index contributed by atoms with van der Waals surface area (Å²) in [5, 5.41) is 2.96. The largest absolute Gasteiger partial charge is 0.456 e. The molecule has 0 aliphatic carbocycles. The number of benzene rings is 1. The predicted molar refractivity (Wildman–Crippen MR) is 99.1 cm³/mol. The summed E-state index contributed by atoms with van der Waals surface area (Å²) in [6, 6.07) is 0.576. The molecule has 0 bridgehead atoms. The fourth-order valence-corrected chi connectivity index (χ4v) is 3.45. The lowest BCUT2D eigenvalue weighted by atomic mass is 10.1. The van der Waals surface area contributed by atoms with Gasteiger partial charge in [0.15, 0.2) is 35.9 Å². The van der Waals surface area contributed by atoms with Gasteiger partial charge in [0.25, 0.3) is 0 Å². The van der Waals surface area contributed by atoms with E-state index in [9.17, 15) is 22.8 Å². The first-order valence-corrected chi connectivity index (χ1v) is 9.33. The minimum Gasteiger partial charge on any atom is -0.456 e. The Morgan fingerprint density at radius 1 is 1.13 bits per heavy atom. The summed E-state index contributed by atoms with van der Waals surface area (Å²) in [6.45, 7) is 7.48. The van der Waals surface area contributed by atoms with Crippen molar-refractivity contribution in [1.82, 2.24) is 9.55 Å². The third-order valence-corrected chi connectivity index (χ3v) is 4.51. The number of ether oxygens (including phenoxy) is 3. The number of esters is 2. The van der Waals surface area contributed by atoms with E-state index < -0.39 is 53.9 Å². The van der Waals surface area contributed by atoms with Crippen molar-refractivity contribution in [2.45, 2.75) is 65.2 Å². The SMILES string of the molecule is CC(=O)O[C@@H]1[C@H](OC(C)=O)[C@@H](C)O[C@H]1n1c(NC(C)C)nc2cc(F)c(F)c(F)c21. The molecule has 3 rings (SSSR count). The highest BCUT2D eigenvalue weighted by Gasteiger charge is 2.49. The molecule has 1 aromatic carbocycles. The molecule has 0 radical (unpaired) electrons. The molecule has 0 spiro atoms. The first-order valence-electron chi connectivity index (χ1n) is 9.33. The van der Waals surface area contributed by atoms with E-state index in [0.717, 1.165) is 17.6 Å². The molecule has 2 aromatic rings. The van der Waals surface area contributed by atoms with E-state index >= 15 is 0 Å².